The summed E-state index contributed by atoms with van der Waals surface area (Å²) in [4.78, 5) is 13.6. The zero-order valence-corrected chi connectivity index (χ0v) is 12.1. The number of rotatable bonds is 4. The summed E-state index contributed by atoms with van der Waals surface area (Å²) in [5.41, 5.74) is 2.30. The Morgan fingerprint density at radius 3 is 2.48 bits per heavy atom. The highest BCUT2D eigenvalue weighted by Gasteiger charge is 2.13. The van der Waals surface area contributed by atoms with Crippen LogP contribution in [0, 0.1) is 18.6 Å². The first-order chi connectivity index (χ1) is 9.97. The summed E-state index contributed by atoms with van der Waals surface area (Å²) in [6, 6.07) is 11.0. The van der Waals surface area contributed by atoms with Crippen LogP contribution in [0.1, 0.15) is 16.7 Å². The summed E-state index contributed by atoms with van der Waals surface area (Å²) >= 11 is 0. The van der Waals surface area contributed by atoms with E-state index in [0.29, 0.717) is 5.56 Å². The van der Waals surface area contributed by atoms with E-state index >= 15 is 0 Å². The molecule has 0 aliphatic rings. The van der Waals surface area contributed by atoms with E-state index in [1.54, 1.807) is 7.05 Å². The molecule has 0 bridgehead atoms. The van der Waals surface area contributed by atoms with Crippen LogP contribution in [-0.2, 0) is 17.8 Å². The summed E-state index contributed by atoms with van der Waals surface area (Å²) in [6.45, 7) is 2.07. The molecule has 0 spiro atoms. The Bertz CT molecular complexity index is 655. The summed E-state index contributed by atoms with van der Waals surface area (Å²) in [5, 5.41) is 0. The minimum absolute atomic E-state index is 0.104. The number of amides is 1. The van der Waals surface area contributed by atoms with Crippen molar-refractivity contribution >= 4 is 5.91 Å². The number of hydrogen-bond acceptors (Lipinski definition) is 1. The van der Waals surface area contributed by atoms with Gasteiger partial charge in [-0.25, -0.2) is 8.78 Å². The molecule has 0 aliphatic carbocycles. The van der Waals surface area contributed by atoms with Gasteiger partial charge in [0.1, 0.15) is 11.6 Å². The number of likely N-dealkylation sites (N-methyl/N-ethyl adjacent to an activating group) is 1. The lowest BCUT2D eigenvalue weighted by Crippen LogP contribution is -2.28. The molecule has 0 N–H and O–H groups in total. The van der Waals surface area contributed by atoms with E-state index in [-0.39, 0.29) is 18.9 Å². The maximum absolute atomic E-state index is 13.6. The van der Waals surface area contributed by atoms with Crippen LogP contribution in [0.5, 0.6) is 0 Å². The van der Waals surface area contributed by atoms with Gasteiger partial charge < -0.3 is 4.90 Å². The molecule has 0 radical (unpaired) electrons. The first-order valence-electron chi connectivity index (χ1n) is 6.70. The van der Waals surface area contributed by atoms with Gasteiger partial charge in [-0.15, -0.1) is 0 Å². The van der Waals surface area contributed by atoms with E-state index < -0.39 is 11.6 Å². The second-order valence-electron chi connectivity index (χ2n) is 5.09. The Balaban J connectivity index is 2.04. The highest BCUT2D eigenvalue weighted by atomic mass is 19.1. The van der Waals surface area contributed by atoms with Crippen molar-refractivity contribution in [3.8, 4) is 0 Å². The summed E-state index contributed by atoms with van der Waals surface area (Å²) in [7, 11) is 1.61. The van der Waals surface area contributed by atoms with Crippen LogP contribution in [0.15, 0.2) is 42.5 Å². The number of aryl methyl sites for hydroxylation is 1. The SMILES string of the molecule is Cc1ccccc1CC(=O)N(C)Cc1ccc(F)cc1F. The Morgan fingerprint density at radius 2 is 1.81 bits per heavy atom. The summed E-state index contributed by atoms with van der Waals surface area (Å²) in [5.74, 6) is -1.36. The third-order valence-electron chi connectivity index (χ3n) is 3.45. The van der Waals surface area contributed by atoms with Crippen molar-refractivity contribution in [3.63, 3.8) is 0 Å². The summed E-state index contributed by atoms with van der Waals surface area (Å²) < 4.78 is 26.4. The molecule has 21 heavy (non-hydrogen) atoms. The highest BCUT2D eigenvalue weighted by Crippen LogP contribution is 2.13. The molecule has 0 saturated carbocycles. The van der Waals surface area contributed by atoms with Crippen LogP contribution in [-0.4, -0.2) is 17.9 Å². The second kappa shape index (κ2) is 6.48. The molecule has 2 aromatic rings. The maximum atomic E-state index is 13.6. The molecular formula is C17H17F2NO. The summed E-state index contributed by atoms with van der Waals surface area (Å²) in [6.07, 6.45) is 0.270. The third-order valence-corrected chi connectivity index (χ3v) is 3.45. The van der Waals surface area contributed by atoms with Crippen molar-refractivity contribution in [1.29, 1.82) is 0 Å². The Labute approximate surface area is 123 Å². The van der Waals surface area contributed by atoms with Crippen LogP contribution in [0.25, 0.3) is 0 Å². The number of carbonyl (C=O) groups is 1. The van der Waals surface area contributed by atoms with Crippen molar-refractivity contribution < 1.29 is 13.6 Å². The number of nitrogens with zero attached hydrogens (tertiary/aromatic N) is 1. The van der Waals surface area contributed by atoms with Crippen LogP contribution >= 0.6 is 0 Å². The molecule has 2 aromatic carbocycles. The van der Waals surface area contributed by atoms with Gasteiger partial charge in [0.05, 0.1) is 6.42 Å². The van der Waals surface area contributed by atoms with Gasteiger partial charge in [-0.3, -0.25) is 4.79 Å². The molecule has 2 nitrogen and oxygen atoms in total. The zero-order valence-electron chi connectivity index (χ0n) is 12.1. The van der Waals surface area contributed by atoms with E-state index in [0.717, 1.165) is 17.2 Å². The predicted molar refractivity (Wildman–Crippen MR) is 77.7 cm³/mol. The third kappa shape index (κ3) is 3.88. The molecule has 2 rings (SSSR count). The van der Waals surface area contributed by atoms with Gasteiger partial charge in [0, 0.05) is 25.2 Å². The second-order valence-corrected chi connectivity index (χ2v) is 5.09. The van der Waals surface area contributed by atoms with Gasteiger partial charge in [-0.2, -0.15) is 0 Å². The van der Waals surface area contributed by atoms with Gasteiger partial charge in [0.15, 0.2) is 0 Å². The smallest absolute Gasteiger partial charge is 0.227 e. The Morgan fingerprint density at radius 1 is 1.10 bits per heavy atom. The molecular weight excluding hydrogens is 272 g/mol. The zero-order chi connectivity index (χ0) is 15.4. The van der Waals surface area contributed by atoms with Crippen molar-refractivity contribution in [2.75, 3.05) is 7.05 Å². The predicted octanol–water partition coefficient (Wildman–Crippen LogP) is 3.47. The Kier molecular flexibility index (Phi) is 4.68. The molecule has 0 fully saturated rings. The number of benzene rings is 2. The van der Waals surface area contributed by atoms with Crippen LogP contribution in [0.4, 0.5) is 8.78 Å². The molecule has 110 valence electrons. The number of hydrogen-bond donors (Lipinski definition) is 0. The van der Waals surface area contributed by atoms with Crippen molar-refractivity contribution in [2.45, 2.75) is 19.9 Å². The largest absolute Gasteiger partial charge is 0.341 e. The molecule has 0 aliphatic heterocycles. The lowest BCUT2D eigenvalue weighted by Gasteiger charge is -2.18. The van der Waals surface area contributed by atoms with Crippen LogP contribution < -0.4 is 0 Å². The van der Waals surface area contributed by atoms with Gasteiger partial charge >= 0.3 is 0 Å². The number of carbonyl (C=O) groups excluding carboxylic acids is 1. The fourth-order valence-electron chi connectivity index (χ4n) is 2.10. The van der Waals surface area contributed by atoms with E-state index in [1.165, 1.54) is 17.0 Å². The first kappa shape index (κ1) is 15.2. The standard InChI is InChI=1S/C17H17F2NO/c1-12-5-3-4-6-13(12)9-17(21)20(2)11-14-7-8-15(18)10-16(14)19/h3-8,10H,9,11H2,1-2H3. The first-order valence-corrected chi connectivity index (χ1v) is 6.70. The minimum atomic E-state index is -0.634. The highest BCUT2D eigenvalue weighted by molar-refractivity contribution is 5.78. The van der Waals surface area contributed by atoms with Crippen molar-refractivity contribution in [2.24, 2.45) is 0 Å². The van der Waals surface area contributed by atoms with E-state index in [4.69, 9.17) is 0 Å². The molecule has 0 unspecified atom stereocenters. The molecule has 0 aromatic heterocycles. The topological polar surface area (TPSA) is 20.3 Å². The van der Waals surface area contributed by atoms with Crippen molar-refractivity contribution in [1.82, 2.24) is 4.90 Å². The van der Waals surface area contributed by atoms with Gasteiger partial charge in [-0.05, 0) is 24.1 Å². The molecule has 0 heterocycles. The quantitative estimate of drug-likeness (QED) is 0.844. The monoisotopic (exact) mass is 289 g/mol. The average molecular weight is 289 g/mol. The average Bonchev–Trinajstić information content (AvgIpc) is 2.44. The molecule has 0 atom stereocenters. The fourth-order valence-corrected chi connectivity index (χ4v) is 2.10. The van der Waals surface area contributed by atoms with Crippen molar-refractivity contribution in [3.05, 3.63) is 70.8 Å². The van der Waals surface area contributed by atoms with Gasteiger partial charge in [0.2, 0.25) is 5.91 Å². The lowest BCUT2D eigenvalue weighted by molar-refractivity contribution is -0.129. The van der Waals surface area contributed by atoms with E-state index in [9.17, 15) is 13.6 Å². The fraction of sp³-hybridized carbons (Fsp3) is 0.235. The normalized spacial score (nSPS) is 10.5. The van der Waals surface area contributed by atoms with Crippen LogP contribution in [0.2, 0.25) is 0 Å². The Hall–Kier alpha value is -2.23. The van der Waals surface area contributed by atoms with E-state index in [1.807, 2.05) is 31.2 Å². The maximum Gasteiger partial charge on any atom is 0.227 e. The molecule has 4 heteroatoms. The van der Waals surface area contributed by atoms with Gasteiger partial charge in [0.25, 0.3) is 0 Å². The number of halogens is 2. The minimum Gasteiger partial charge on any atom is -0.341 e. The lowest BCUT2D eigenvalue weighted by atomic mass is 10.1. The van der Waals surface area contributed by atoms with Gasteiger partial charge in [-0.1, -0.05) is 30.3 Å². The van der Waals surface area contributed by atoms with Crippen LogP contribution in [0.3, 0.4) is 0 Å². The molecule has 0 saturated heterocycles. The van der Waals surface area contributed by atoms with E-state index in [2.05, 4.69) is 0 Å². The molecule has 1 amide bonds.